The Kier molecular flexibility index (Phi) is 1.98. The summed E-state index contributed by atoms with van der Waals surface area (Å²) in [6, 6.07) is 0. The molecule has 0 unspecified atom stereocenters. The Labute approximate surface area is 61.7 Å². The summed E-state index contributed by atoms with van der Waals surface area (Å²) in [4.78, 5) is 14.1. The van der Waals surface area contributed by atoms with E-state index >= 15 is 0 Å². The molecule has 11 heavy (non-hydrogen) atoms. The van der Waals surface area contributed by atoms with Crippen molar-refractivity contribution in [1.29, 1.82) is 0 Å². The lowest BCUT2D eigenvalue weighted by atomic mass is 10.4. The van der Waals surface area contributed by atoms with E-state index in [1.54, 1.807) is 0 Å². The normalized spacial score (nSPS) is 10.5. The molecule has 0 aromatic carbocycles. The zero-order valence-electron chi connectivity index (χ0n) is 5.79. The molecule has 1 aromatic rings. The summed E-state index contributed by atoms with van der Waals surface area (Å²) in [5.74, 6) is -1.45. The molecule has 1 aromatic heterocycles. The second-order valence-electron chi connectivity index (χ2n) is 2.03. The van der Waals surface area contributed by atoms with Gasteiger partial charge in [0.1, 0.15) is 0 Å². The zero-order chi connectivity index (χ0) is 8.43. The molecule has 0 radical (unpaired) electrons. The SMILES string of the molecule is Cn1ccnc1C(=O)C(F)F. The molecule has 0 saturated heterocycles. The summed E-state index contributed by atoms with van der Waals surface area (Å²) in [6.07, 6.45) is -0.235. The standard InChI is InChI=1S/C6H6F2N2O/c1-10-3-2-9-6(10)4(11)5(7)8/h2-3,5H,1H3. The van der Waals surface area contributed by atoms with E-state index in [-0.39, 0.29) is 5.82 Å². The average Bonchev–Trinajstić information content (AvgIpc) is 2.33. The third kappa shape index (κ3) is 1.42. The summed E-state index contributed by atoms with van der Waals surface area (Å²) >= 11 is 0. The molecular formula is C6H6F2N2O. The number of Topliss-reactive ketones (excluding diaryl/α,β-unsaturated/α-hetero) is 1. The highest BCUT2D eigenvalue weighted by Crippen LogP contribution is 2.03. The van der Waals surface area contributed by atoms with Crippen LogP contribution in [0, 0.1) is 0 Å². The number of hydrogen-bond acceptors (Lipinski definition) is 2. The van der Waals surface area contributed by atoms with E-state index in [0.717, 1.165) is 0 Å². The highest BCUT2D eigenvalue weighted by Gasteiger charge is 2.21. The Balaban J connectivity index is 2.93. The van der Waals surface area contributed by atoms with Crippen LogP contribution in [0.5, 0.6) is 0 Å². The molecule has 0 fully saturated rings. The van der Waals surface area contributed by atoms with Gasteiger partial charge in [-0.25, -0.2) is 13.8 Å². The van der Waals surface area contributed by atoms with Crippen molar-refractivity contribution in [3.05, 3.63) is 18.2 Å². The number of halogens is 2. The molecule has 0 amide bonds. The molecule has 0 bridgehead atoms. The van der Waals surface area contributed by atoms with Gasteiger partial charge in [-0.3, -0.25) is 4.79 Å². The Morgan fingerprint density at radius 3 is 2.73 bits per heavy atom. The topological polar surface area (TPSA) is 34.9 Å². The van der Waals surface area contributed by atoms with Crippen molar-refractivity contribution < 1.29 is 13.6 Å². The lowest BCUT2D eigenvalue weighted by Gasteiger charge is -1.97. The van der Waals surface area contributed by atoms with Crippen LogP contribution in [0.2, 0.25) is 0 Å². The number of alkyl halides is 2. The average molecular weight is 160 g/mol. The zero-order valence-corrected chi connectivity index (χ0v) is 5.79. The van der Waals surface area contributed by atoms with Gasteiger partial charge in [0.15, 0.2) is 5.82 Å². The third-order valence-electron chi connectivity index (χ3n) is 1.24. The number of carbonyl (C=O) groups excluding carboxylic acids is 1. The number of imidazole rings is 1. The van der Waals surface area contributed by atoms with Crippen LogP contribution in [-0.4, -0.2) is 21.8 Å². The van der Waals surface area contributed by atoms with Crippen LogP contribution in [0.3, 0.4) is 0 Å². The minimum absolute atomic E-state index is 0.208. The van der Waals surface area contributed by atoms with E-state index in [1.807, 2.05) is 0 Å². The lowest BCUT2D eigenvalue weighted by molar-refractivity contribution is 0.0663. The van der Waals surface area contributed by atoms with Crippen LogP contribution in [-0.2, 0) is 7.05 Å². The van der Waals surface area contributed by atoms with Crippen molar-refractivity contribution in [2.75, 3.05) is 0 Å². The van der Waals surface area contributed by atoms with E-state index in [2.05, 4.69) is 4.98 Å². The largest absolute Gasteiger partial charge is 0.331 e. The Hall–Kier alpha value is -1.26. The predicted molar refractivity (Wildman–Crippen MR) is 33.5 cm³/mol. The van der Waals surface area contributed by atoms with Gasteiger partial charge in [0.2, 0.25) is 0 Å². The smallest absolute Gasteiger partial charge is 0.303 e. The first-order valence-electron chi connectivity index (χ1n) is 2.92. The number of rotatable bonds is 2. The molecule has 0 spiro atoms. The molecule has 0 aliphatic rings. The minimum Gasteiger partial charge on any atom is -0.331 e. The maximum absolute atomic E-state index is 11.8. The van der Waals surface area contributed by atoms with Gasteiger partial charge in [-0.15, -0.1) is 0 Å². The van der Waals surface area contributed by atoms with Crippen LogP contribution in [0.25, 0.3) is 0 Å². The van der Waals surface area contributed by atoms with Gasteiger partial charge in [0.05, 0.1) is 0 Å². The summed E-state index contributed by atoms with van der Waals surface area (Å²) in [6.45, 7) is 0. The maximum atomic E-state index is 11.8. The second kappa shape index (κ2) is 2.77. The van der Waals surface area contributed by atoms with E-state index in [4.69, 9.17) is 0 Å². The van der Waals surface area contributed by atoms with Crippen LogP contribution >= 0.6 is 0 Å². The van der Waals surface area contributed by atoms with Gasteiger partial charge in [0.25, 0.3) is 5.78 Å². The first-order valence-corrected chi connectivity index (χ1v) is 2.92. The van der Waals surface area contributed by atoms with Crippen LogP contribution < -0.4 is 0 Å². The fourth-order valence-electron chi connectivity index (χ4n) is 0.701. The van der Waals surface area contributed by atoms with Gasteiger partial charge in [-0.1, -0.05) is 0 Å². The number of aromatic nitrogens is 2. The first-order chi connectivity index (χ1) is 5.13. The second-order valence-corrected chi connectivity index (χ2v) is 2.03. The molecule has 5 heteroatoms. The van der Waals surface area contributed by atoms with Gasteiger partial charge in [-0.2, -0.15) is 0 Å². The fraction of sp³-hybridized carbons (Fsp3) is 0.333. The summed E-state index contributed by atoms with van der Waals surface area (Å²) < 4.78 is 24.8. The van der Waals surface area contributed by atoms with Crippen LogP contribution in [0.1, 0.15) is 10.6 Å². The first kappa shape index (κ1) is 7.84. The Morgan fingerprint density at radius 2 is 2.36 bits per heavy atom. The number of aryl methyl sites for hydroxylation is 1. The minimum atomic E-state index is -2.98. The highest BCUT2D eigenvalue weighted by atomic mass is 19.3. The van der Waals surface area contributed by atoms with Crippen LogP contribution in [0.4, 0.5) is 8.78 Å². The lowest BCUT2D eigenvalue weighted by Crippen LogP contribution is -2.15. The molecule has 0 saturated carbocycles. The quantitative estimate of drug-likeness (QED) is 0.601. The molecule has 1 rings (SSSR count). The monoisotopic (exact) mass is 160 g/mol. The van der Waals surface area contributed by atoms with Gasteiger partial charge in [-0.05, 0) is 0 Å². The van der Waals surface area contributed by atoms with Gasteiger partial charge >= 0.3 is 6.43 Å². The van der Waals surface area contributed by atoms with Crippen molar-refractivity contribution in [3.8, 4) is 0 Å². The molecule has 3 nitrogen and oxygen atoms in total. The number of nitrogens with zero attached hydrogens (tertiary/aromatic N) is 2. The highest BCUT2D eigenvalue weighted by molar-refractivity contribution is 5.95. The molecule has 0 N–H and O–H groups in total. The maximum Gasteiger partial charge on any atom is 0.303 e. The molecule has 0 atom stereocenters. The van der Waals surface area contributed by atoms with Crippen molar-refractivity contribution in [2.24, 2.45) is 7.05 Å². The van der Waals surface area contributed by atoms with E-state index in [1.165, 1.54) is 24.0 Å². The summed E-state index contributed by atoms with van der Waals surface area (Å²) in [5, 5.41) is 0. The summed E-state index contributed by atoms with van der Waals surface area (Å²) in [7, 11) is 1.49. The van der Waals surface area contributed by atoms with E-state index in [0.29, 0.717) is 0 Å². The molecule has 0 aliphatic heterocycles. The Bertz CT molecular complexity index is 269. The van der Waals surface area contributed by atoms with Crippen molar-refractivity contribution in [1.82, 2.24) is 9.55 Å². The number of ketones is 1. The molecular weight excluding hydrogens is 154 g/mol. The van der Waals surface area contributed by atoms with E-state index in [9.17, 15) is 13.6 Å². The molecule has 1 heterocycles. The predicted octanol–water partition coefficient (Wildman–Crippen LogP) is 0.868. The van der Waals surface area contributed by atoms with Crippen molar-refractivity contribution in [2.45, 2.75) is 6.43 Å². The van der Waals surface area contributed by atoms with Gasteiger partial charge in [0, 0.05) is 19.4 Å². The van der Waals surface area contributed by atoms with E-state index < -0.39 is 12.2 Å². The van der Waals surface area contributed by atoms with Crippen LogP contribution in [0.15, 0.2) is 12.4 Å². The van der Waals surface area contributed by atoms with Gasteiger partial charge < -0.3 is 4.57 Å². The number of hydrogen-bond donors (Lipinski definition) is 0. The van der Waals surface area contributed by atoms with Crippen molar-refractivity contribution >= 4 is 5.78 Å². The summed E-state index contributed by atoms with van der Waals surface area (Å²) in [5.41, 5.74) is 0. The molecule has 60 valence electrons. The Morgan fingerprint density at radius 1 is 1.73 bits per heavy atom. The molecule has 0 aliphatic carbocycles. The fourth-order valence-corrected chi connectivity index (χ4v) is 0.701. The number of carbonyl (C=O) groups is 1. The third-order valence-corrected chi connectivity index (χ3v) is 1.24. The van der Waals surface area contributed by atoms with Crippen molar-refractivity contribution in [3.63, 3.8) is 0 Å².